The number of hydrogen-bond acceptors (Lipinski definition) is 4. The predicted octanol–water partition coefficient (Wildman–Crippen LogP) is 2.99. The fourth-order valence-electron chi connectivity index (χ4n) is 5.05. The van der Waals surface area contributed by atoms with Crippen LogP contribution in [0.25, 0.3) is 0 Å². The first kappa shape index (κ1) is 18.9. The Balaban J connectivity index is 1.23. The summed E-state index contributed by atoms with van der Waals surface area (Å²) in [5, 5.41) is 11.3. The molecule has 0 radical (unpaired) electrons. The minimum Gasteiger partial charge on any atom is -0.488 e. The number of ether oxygens (including phenoxy) is 1. The van der Waals surface area contributed by atoms with Crippen LogP contribution in [0.1, 0.15) is 25.7 Å². The molecular formula is C22H26ClN3O3. The van der Waals surface area contributed by atoms with Gasteiger partial charge in [-0.1, -0.05) is 17.7 Å². The average molecular weight is 416 g/mol. The molecule has 154 valence electrons. The highest BCUT2D eigenvalue weighted by Gasteiger charge is 2.54. The summed E-state index contributed by atoms with van der Waals surface area (Å²) >= 11 is 6.05. The smallest absolute Gasteiger partial charge is 0.230 e. The summed E-state index contributed by atoms with van der Waals surface area (Å²) in [5.74, 6) is 1.67. The first-order valence-corrected chi connectivity index (χ1v) is 10.8. The molecule has 0 bridgehead atoms. The van der Waals surface area contributed by atoms with E-state index >= 15 is 0 Å². The molecular weight excluding hydrogens is 390 g/mol. The van der Waals surface area contributed by atoms with Crippen LogP contribution in [0.2, 0.25) is 5.02 Å². The highest BCUT2D eigenvalue weighted by atomic mass is 35.5. The van der Waals surface area contributed by atoms with Gasteiger partial charge in [0.1, 0.15) is 11.9 Å². The second-order valence-electron chi connectivity index (χ2n) is 8.90. The van der Waals surface area contributed by atoms with Crippen LogP contribution in [-0.2, 0) is 11.3 Å². The lowest BCUT2D eigenvalue weighted by atomic mass is 9.78. The molecule has 1 saturated heterocycles. The predicted molar refractivity (Wildman–Crippen MR) is 109 cm³/mol. The van der Waals surface area contributed by atoms with E-state index in [1.807, 2.05) is 27.8 Å². The molecule has 1 aromatic heterocycles. The molecule has 6 nitrogen and oxygen atoms in total. The number of carbonyl (C=O) groups is 1. The van der Waals surface area contributed by atoms with Crippen LogP contribution >= 0.6 is 11.6 Å². The van der Waals surface area contributed by atoms with Crippen molar-refractivity contribution in [2.45, 2.75) is 44.4 Å². The van der Waals surface area contributed by atoms with Crippen LogP contribution in [0.5, 0.6) is 5.75 Å². The summed E-state index contributed by atoms with van der Waals surface area (Å²) in [5.41, 5.74) is -0.260. The van der Waals surface area contributed by atoms with Crippen molar-refractivity contribution in [1.82, 2.24) is 14.5 Å². The van der Waals surface area contributed by atoms with Crippen molar-refractivity contribution in [3.05, 3.63) is 48.0 Å². The molecule has 5 rings (SSSR count). The zero-order chi connectivity index (χ0) is 20.0. The molecule has 1 aliphatic heterocycles. The Hall–Kier alpha value is -2.05. The number of amides is 1. The zero-order valence-electron chi connectivity index (χ0n) is 16.3. The molecule has 2 aliphatic carbocycles. The van der Waals surface area contributed by atoms with E-state index in [4.69, 9.17) is 16.3 Å². The van der Waals surface area contributed by atoms with Gasteiger partial charge in [-0.15, -0.1) is 0 Å². The fourth-order valence-corrected chi connectivity index (χ4v) is 5.23. The number of halogens is 1. The molecule has 3 fully saturated rings. The number of aliphatic hydroxyl groups is 1. The summed E-state index contributed by atoms with van der Waals surface area (Å²) < 4.78 is 8.06. The van der Waals surface area contributed by atoms with Gasteiger partial charge in [0.15, 0.2) is 0 Å². The van der Waals surface area contributed by atoms with E-state index in [-0.39, 0.29) is 17.4 Å². The van der Waals surface area contributed by atoms with Crippen molar-refractivity contribution in [3.63, 3.8) is 0 Å². The minimum atomic E-state index is -0.522. The number of aliphatic hydroxyl groups excluding tert-OH is 1. The van der Waals surface area contributed by atoms with E-state index in [9.17, 15) is 9.90 Å². The molecule has 3 aliphatic rings. The molecule has 7 heteroatoms. The van der Waals surface area contributed by atoms with Gasteiger partial charge in [0, 0.05) is 37.1 Å². The van der Waals surface area contributed by atoms with Gasteiger partial charge in [-0.2, -0.15) is 0 Å². The second-order valence-corrected chi connectivity index (χ2v) is 9.33. The van der Waals surface area contributed by atoms with Crippen LogP contribution in [0.3, 0.4) is 0 Å². The third kappa shape index (κ3) is 3.76. The van der Waals surface area contributed by atoms with E-state index in [0.717, 1.165) is 32.4 Å². The summed E-state index contributed by atoms with van der Waals surface area (Å²) in [6, 6.07) is 7.29. The van der Waals surface area contributed by atoms with Gasteiger partial charge in [-0.25, -0.2) is 4.98 Å². The molecule has 2 saturated carbocycles. The van der Waals surface area contributed by atoms with Gasteiger partial charge in [-0.05, 0) is 55.7 Å². The largest absolute Gasteiger partial charge is 0.488 e. The summed E-state index contributed by atoms with van der Waals surface area (Å²) in [6.45, 7) is 2.22. The third-order valence-corrected chi connectivity index (χ3v) is 7.04. The Morgan fingerprint density at radius 1 is 1.28 bits per heavy atom. The molecule has 29 heavy (non-hydrogen) atoms. The lowest BCUT2D eigenvalue weighted by molar-refractivity contribution is -0.136. The minimum absolute atomic E-state index is 0.259. The molecule has 2 heterocycles. The van der Waals surface area contributed by atoms with Crippen molar-refractivity contribution in [3.8, 4) is 5.75 Å². The van der Waals surface area contributed by atoms with Crippen LogP contribution < -0.4 is 4.74 Å². The van der Waals surface area contributed by atoms with E-state index in [0.29, 0.717) is 35.6 Å². The summed E-state index contributed by atoms with van der Waals surface area (Å²) in [7, 11) is 0. The maximum Gasteiger partial charge on any atom is 0.230 e. The Bertz CT molecular complexity index is 883. The number of hydrogen-bond donors (Lipinski definition) is 1. The topological polar surface area (TPSA) is 67.6 Å². The van der Waals surface area contributed by atoms with Gasteiger partial charge in [0.2, 0.25) is 5.91 Å². The van der Waals surface area contributed by atoms with Crippen LogP contribution in [0.4, 0.5) is 0 Å². The van der Waals surface area contributed by atoms with Crippen molar-refractivity contribution in [2.75, 3.05) is 13.1 Å². The zero-order valence-corrected chi connectivity index (χ0v) is 17.0. The normalized spacial score (nSPS) is 30.1. The Morgan fingerprint density at radius 3 is 2.76 bits per heavy atom. The number of nitrogens with zero attached hydrogens (tertiary/aromatic N) is 3. The van der Waals surface area contributed by atoms with Crippen molar-refractivity contribution in [2.24, 2.45) is 17.3 Å². The van der Waals surface area contributed by atoms with Crippen molar-refractivity contribution < 1.29 is 14.6 Å². The SMILES string of the molecule is O=C(N1C[C@H]2C[C@@H](Oc3cccc(Cl)c3)[C@H](O)C[C@H]2C1)C1(Cn2ccnc2)CC1. The first-order valence-electron chi connectivity index (χ1n) is 10.4. The van der Waals surface area contributed by atoms with E-state index in [2.05, 4.69) is 4.98 Å². The monoisotopic (exact) mass is 415 g/mol. The van der Waals surface area contributed by atoms with Crippen LogP contribution in [0.15, 0.2) is 43.0 Å². The number of likely N-dealkylation sites (tertiary alicyclic amines) is 1. The Kier molecular flexibility index (Phi) is 4.79. The number of carbonyl (C=O) groups excluding carboxylic acids is 1. The molecule has 1 amide bonds. The van der Waals surface area contributed by atoms with Gasteiger partial charge >= 0.3 is 0 Å². The summed E-state index contributed by atoms with van der Waals surface area (Å²) in [4.78, 5) is 19.4. The van der Waals surface area contributed by atoms with E-state index in [1.54, 1.807) is 24.7 Å². The third-order valence-electron chi connectivity index (χ3n) is 6.81. The lowest BCUT2D eigenvalue weighted by Gasteiger charge is -2.35. The lowest BCUT2D eigenvalue weighted by Crippen LogP contribution is -2.42. The number of imidazole rings is 1. The number of fused-ring (bicyclic) bond motifs is 1. The highest BCUT2D eigenvalue weighted by molar-refractivity contribution is 6.30. The standard InChI is InChI=1S/C22H26ClN3O3/c23-17-2-1-3-18(10-17)29-20-9-16-12-26(11-15(16)8-19(20)27)21(28)22(4-5-22)13-25-7-6-24-14-25/h1-3,6-7,10,14-16,19-20,27H,4-5,8-9,11-13H2/t15-,16+,19+,20+/m0/s1. The van der Waals surface area contributed by atoms with Crippen molar-refractivity contribution >= 4 is 17.5 Å². The number of aromatic nitrogens is 2. The molecule has 1 aromatic carbocycles. The number of rotatable bonds is 5. The first-order chi connectivity index (χ1) is 14.0. The summed E-state index contributed by atoms with van der Waals surface area (Å²) in [6.07, 6.45) is 8.00. The maximum atomic E-state index is 13.3. The van der Waals surface area contributed by atoms with E-state index < -0.39 is 6.10 Å². The van der Waals surface area contributed by atoms with Gasteiger partial charge in [0.25, 0.3) is 0 Å². The van der Waals surface area contributed by atoms with E-state index in [1.165, 1.54) is 0 Å². The van der Waals surface area contributed by atoms with Crippen LogP contribution in [-0.4, -0.2) is 50.8 Å². The molecule has 0 unspecified atom stereocenters. The molecule has 2 aromatic rings. The maximum absolute atomic E-state index is 13.3. The fraction of sp³-hybridized carbons (Fsp3) is 0.545. The quantitative estimate of drug-likeness (QED) is 0.815. The highest BCUT2D eigenvalue weighted by Crippen LogP contribution is 2.50. The van der Waals surface area contributed by atoms with Gasteiger partial charge < -0.3 is 19.3 Å². The molecule has 4 atom stereocenters. The molecule has 0 spiro atoms. The Morgan fingerprint density at radius 2 is 2.07 bits per heavy atom. The van der Waals surface area contributed by atoms with Gasteiger partial charge in [0.05, 0.1) is 17.8 Å². The second kappa shape index (κ2) is 7.33. The average Bonchev–Trinajstić information content (AvgIpc) is 3.09. The van der Waals surface area contributed by atoms with Crippen LogP contribution in [0, 0.1) is 17.3 Å². The number of benzene rings is 1. The Labute approximate surface area is 175 Å². The van der Waals surface area contributed by atoms with Gasteiger partial charge in [-0.3, -0.25) is 4.79 Å². The molecule has 1 N–H and O–H groups in total. The van der Waals surface area contributed by atoms with Crippen molar-refractivity contribution in [1.29, 1.82) is 0 Å².